The van der Waals surface area contributed by atoms with Crippen LogP contribution in [0, 0.1) is 28.1 Å². The van der Waals surface area contributed by atoms with Crippen LogP contribution in [-0.2, 0) is 5.41 Å². The third kappa shape index (κ3) is 10.5. The van der Waals surface area contributed by atoms with E-state index in [4.69, 9.17) is 6.58 Å². The number of hydrogen-bond donors (Lipinski definition) is 2. The first-order valence-electron chi connectivity index (χ1n) is 21.6. The lowest BCUT2D eigenvalue weighted by atomic mass is 9.41. The summed E-state index contributed by atoms with van der Waals surface area (Å²) in [6, 6.07) is 9.63. The van der Waals surface area contributed by atoms with E-state index in [1.54, 1.807) is 0 Å². The summed E-state index contributed by atoms with van der Waals surface area (Å²) in [5, 5.41) is 9.25. The van der Waals surface area contributed by atoms with Gasteiger partial charge in [-0.2, -0.15) is 0 Å². The largest absolute Gasteiger partial charge is 0.391 e. The Morgan fingerprint density at radius 2 is 1.67 bits per heavy atom. The van der Waals surface area contributed by atoms with Gasteiger partial charge in [-0.05, 0) is 163 Å². The number of nitrogens with one attached hydrogen (secondary N) is 2. The molecule has 3 atom stereocenters. The van der Waals surface area contributed by atoms with E-state index >= 15 is 0 Å². The van der Waals surface area contributed by atoms with Gasteiger partial charge in [0.15, 0.2) is 0 Å². The Balaban J connectivity index is 1.60. The quantitative estimate of drug-likeness (QED) is 0.107. The predicted octanol–water partition coefficient (Wildman–Crippen LogP) is 13.7. The van der Waals surface area contributed by atoms with Crippen LogP contribution in [0.2, 0.25) is 0 Å². The second-order valence-electron chi connectivity index (χ2n) is 20.4. The molecule has 2 bridgehead atoms. The van der Waals surface area contributed by atoms with Crippen LogP contribution in [0.3, 0.4) is 0 Å². The highest BCUT2D eigenvalue weighted by molar-refractivity contribution is 7.30. The summed E-state index contributed by atoms with van der Waals surface area (Å²) in [6.45, 7) is 35.9. The Morgan fingerprint density at radius 1 is 1.00 bits per heavy atom. The summed E-state index contributed by atoms with van der Waals surface area (Å²) in [7, 11) is 0. The molecule has 298 valence electrons. The Kier molecular flexibility index (Phi) is 13.9. The molecule has 55 heavy (non-hydrogen) atoms. The number of hydrogen-bond acceptors (Lipinski definition) is 3. The second kappa shape index (κ2) is 17.7. The highest BCUT2D eigenvalue weighted by atomic mass is 32.1. The van der Waals surface area contributed by atoms with Gasteiger partial charge in [-0.3, -0.25) is 0 Å². The molecule has 1 aromatic carbocycles. The van der Waals surface area contributed by atoms with Gasteiger partial charge in [-0.15, -0.1) is 17.3 Å². The lowest BCUT2D eigenvalue weighted by Gasteiger charge is -2.47. The molecule has 3 aliphatic rings. The molecule has 2 nitrogen and oxygen atoms in total. The molecule has 1 aromatic heterocycles. The molecule has 4 heteroatoms. The van der Waals surface area contributed by atoms with Crippen molar-refractivity contribution >= 4 is 32.9 Å². The van der Waals surface area contributed by atoms with E-state index in [0.29, 0.717) is 0 Å². The van der Waals surface area contributed by atoms with E-state index in [2.05, 4.69) is 160 Å². The molecule has 2 N–H and O–H groups in total. The zero-order valence-corrected chi connectivity index (χ0v) is 37.6. The standard InChI is InChI=1S/C51H75BN2S/c1-14-26-52(47-32-40-31-41(48(6,7)8)21-22-46(40)55-47)44(35-53-27-17-18-36(3)4)45(29-37(5)51(13)33-38-19-16-20-39(30-38)34-51)54-28-23-43-42(15-2)49(9,10)24-25-50(43,11)12/h14-15,18,21-23,26,28,31-32,35,38-39,45,53-54H,2,5,16-17,19-20,24-25,27,29-30,33-34H2,1,3-4,6-13H3/b26-14+,28-23+,44-35-. The molecule has 0 saturated heterocycles. The first-order valence-corrected chi connectivity index (χ1v) is 22.4. The van der Waals surface area contributed by atoms with Crippen molar-refractivity contribution in [2.75, 3.05) is 6.54 Å². The summed E-state index contributed by atoms with van der Waals surface area (Å²) in [6.07, 6.45) is 26.2. The minimum atomic E-state index is 0.0716. The van der Waals surface area contributed by atoms with Crippen LogP contribution < -0.4 is 15.4 Å². The molecule has 5 rings (SSSR count). The van der Waals surface area contributed by atoms with Gasteiger partial charge in [-0.1, -0.05) is 129 Å². The fourth-order valence-corrected chi connectivity index (χ4v) is 11.2. The Morgan fingerprint density at radius 3 is 2.29 bits per heavy atom. The third-order valence-electron chi connectivity index (χ3n) is 13.5. The van der Waals surface area contributed by atoms with Gasteiger partial charge >= 0.3 is 0 Å². The fraction of sp³-hybridized carbons (Fsp3) is 0.569. The van der Waals surface area contributed by atoms with Gasteiger partial charge in [0, 0.05) is 17.3 Å². The van der Waals surface area contributed by atoms with Crippen LogP contribution in [0.1, 0.15) is 146 Å². The van der Waals surface area contributed by atoms with Crippen molar-refractivity contribution in [3.8, 4) is 0 Å². The van der Waals surface area contributed by atoms with Gasteiger partial charge in [0.05, 0.1) is 0 Å². The van der Waals surface area contributed by atoms with Crippen molar-refractivity contribution in [1.29, 1.82) is 0 Å². The Labute approximate surface area is 342 Å². The molecular formula is C51H75BN2S. The molecule has 1 heterocycles. The van der Waals surface area contributed by atoms with Crippen molar-refractivity contribution in [2.45, 2.75) is 152 Å². The van der Waals surface area contributed by atoms with E-state index in [9.17, 15) is 0 Å². The number of rotatable bonds is 15. The average molecular weight is 759 g/mol. The molecule has 0 aliphatic heterocycles. The maximum absolute atomic E-state index is 4.98. The molecule has 2 saturated carbocycles. The van der Waals surface area contributed by atoms with Gasteiger partial charge in [-0.25, -0.2) is 0 Å². The lowest BCUT2D eigenvalue weighted by molar-refractivity contribution is 0.0916. The van der Waals surface area contributed by atoms with Crippen molar-refractivity contribution in [3.05, 3.63) is 113 Å². The minimum Gasteiger partial charge on any atom is -0.391 e. The van der Waals surface area contributed by atoms with E-state index in [0.717, 1.165) is 31.2 Å². The van der Waals surface area contributed by atoms with E-state index in [-0.39, 0.29) is 34.4 Å². The van der Waals surface area contributed by atoms with Gasteiger partial charge in [0.2, 0.25) is 6.71 Å². The van der Waals surface area contributed by atoms with Crippen LogP contribution in [0.25, 0.3) is 10.1 Å². The van der Waals surface area contributed by atoms with E-state index in [1.165, 1.54) is 99.6 Å². The molecule has 0 radical (unpaired) electrons. The van der Waals surface area contributed by atoms with Gasteiger partial charge < -0.3 is 10.6 Å². The Bertz CT molecular complexity index is 1820. The van der Waals surface area contributed by atoms with Crippen LogP contribution in [-0.4, -0.2) is 19.3 Å². The second-order valence-corrected chi connectivity index (χ2v) is 21.5. The molecule has 2 aromatic rings. The molecule has 3 aliphatic carbocycles. The van der Waals surface area contributed by atoms with E-state index in [1.807, 2.05) is 11.3 Å². The zero-order valence-electron chi connectivity index (χ0n) is 36.8. The Hall–Kier alpha value is -2.98. The highest BCUT2D eigenvalue weighted by Crippen LogP contribution is 2.53. The summed E-state index contributed by atoms with van der Waals surface area (Å²) >= 11 is 1.95. The van der Waals surface area contributed by atoms with Crippen molar-refractivity contribution in [2.24, 2.45) is 28.1 Å². The molecule has 0 amide bonds. The summed E-state index contributed by atoms with van der Waals surface area (Å²) in [5.74, 6) is 4.12. The third-order valence-corrected chi connectivity index (χ3v) is 14.7. The van der Waals surface area contributed by atoms with E-state index < -0.39 is 0 Å². The van der Waals surface area contributed by atoms with Crippen molar-refractivity contribution in [3.63, 3.8) is 0 Å². The average Bonchev–Trinajstić information content (AvgIpc) is 3.53. The normalized spacial score (nSPS) is 24.6. The van der Waals surface area contributed by atoms with Crippen LogP contribution >= 0.6 is 11.3 Å². The summed E-state index contributed by atoms with van der Waals surface area (Å²) in [5.41, 5.74) is 8.82. The first-order chi connectivity index (χ1) is 25.9. The summed E-state index contributed by atoms with van der Waals surface area (Å²) in [4.78, 5) is 0. The molecular weight excluding hydrogens is 683 g/mol. The molecule has 3 unspecified atom stereocenters. The number of allylic oxidation sites excluding steroid dienone is 6. The summed E-state index contributed by atoms with van der Waals surface area (Å²) < 4.78 is 2.75. The molecule has 2 fully saturated rings. The topological polar surface area (TPSA) is 24.1 Å². The highest BCUT2D eigenvalue weighted by Gasteiger charge is 2.42. The van der Waals surface area contributed by atoms with Crippen LogP contribution in [0.15, 0.2) is 108 Å². The zero-order chi connectivity index (χ0) is 40.2. The molecule has 0 spiro atoms. The maximum Gasteiger partial charge on any atom is 0.246 e. The fourth-order valence-electron chi connectivity index (χ4n) is 10.0. The van der Waals surface area contributed by atoms with Crippen molar-refractivity contribution in [1.82, 2.24) is 10.6 Å². The van der Waals surface area contributed by atoms with Crippen LogP contribution in [0.5, 0.6) is 0 Å². The van der Waals surface area contributed by atoms with Gasteiger partial charge in [0.25, 0.3) is 0 Å². The SMILES string of the molecule is C=CC1=C(/C=C/NC(CC(=C)C2(C)CC3CCCC(C3)C2)/C(=C/NCCC=C(C)C)B(/C=C/C)c2cc3cc(C(C)(C)C)ccc3s2)C(C)(C)CCC1(C)C. The lowest BCUT2D eigenvalue weighted by Crippen LogP contribution is -2.42. The van der Waals surface area contributed by atoms with Crippen molar-refractivity contribution < 1.29 is 0 Å². The number of benzene rings is 1. The maximum atomic E-state index is 4.98. The predicted molar refractivity (Wildman–Crippen MR) is 247 cm³/mol. The van der Waals surface area contributed by atoms with Crippen LogP contribution in [0.4, 0.5) is 0 Å². The smallest absolute Gasteiger partial charge is 0.246 e. The minimum absolute atomic E-state index is 0.0716. The monoisotopic (exact) mass is 759 g/mol. The number of thiophene rings is 1. The first kappa shape index (κ1) is 43.2. The van der Waals surface area contributed by atoms with Gasteiger partial charge in [0.1, 0.15) is 0 Å². The number of fused-ring (bicyclic) bond motifs is 3.